The van der Waals surface area contributed by atoms with Crippen molar-refractivity contribution in [3.8, 4) is 16.9 Å². The molecule has 0 unspecified atom stereocenters. The first-order valence-electron chi connectivity index (χ1n) is 10.2. The molecule has 172 valence electrons. The van der Waals surface area contributed by atoms with Crippen molar-refractivity contribution in [2.45, 2.75) is 16.8 Å². The molecule has 0 fully saturated rings. The molecular formula is C24H19N3O6S. The van der Waals surface area contributed by atoms with Gasteiger partial charge in [0.25, 0.3) is 5.69 Å². The number of carbonyl (C=O) groups excluding carboxylic acids is 1. The second kappa shape index (κ2) is 9.28. The lowest BCUT2D eigenvalue weighted by atomic mass is 10.1. The zero-order valence-electron chi connectivity index (χ0n) is 18.0. The van der Waals surface area contributed by atoms with E-state index in [1.54, 1.807) is 55.5 Å². The Balaban J connectivity index is 2.06. The molecule has 0 aliphatic carbocycles. The summed E-state index contributed by atoms with van der Waals surface area (Å²) in [6.07, 6.45) is 0. The second-order valence-corrected chi connectivity index (χ2v) is 8.98. The number of rotatable bonds is 7. The number of hydrogen-bond acceptors (Lipinski definition) is 7. The molecule has 0 bridgehead atoms. The normalized spacial score (nSPS) is 11.2. The molecule has 1 heterocycles. The van der Waals surface area contributed by atoms with Gasteiger partial charge in [0.2, 0.25) is 9.84 Å². The van der Waals surface area contributed by atoms with Gasteiger partial charge in [0.05, 0.1) is 27.8 Å². The number of carbonyl (C=O) groups is 1. The molecule has 1 aromatic heterocycles. The highest BCUT2D eigenvalue weighted by atomic mass is 32.2. The average molecular weight is 477 g/mol. The number of aromatic nitrogens is 2. The number of hydrogen-bond donors (Lipinski definition) is 0. The Morgan fingerprint density at radius 1 is 0.971 bits per heavy atom. The molecule has 3 aromatic carbocycles. The van der Waals surface area contributed by atoms with Crippen molar-refractivity contribution < 1.29 is 22.9 Å². The highest BCUT2D eigenvalue weighted by Crippen LogP contribution is 2.34. The maximum absolute atomic E-state index is 13.6. The van der Waals surface area contributed by atoms with Crippen LogP contribution in [0.5, 0.6) is 0 Å². The summed E-state index contributed by atoms with van der Waals surface area (Å²) >= 11 is 0. The highest BCUT2D eigenvalue weighted by molar-refractivity contribution is 7.91. The number of ether oxygens (including phenoxy) is 1. The summed E-state index contributed by atoms with van der Waals surface area (Å²) in [5.41, 5.74) is 0.702. The van der Waals surface area contributed by atoms with Gasteiger partial charge in [-0.1, -0.05) is 48.5 Å². The van der Waals surface area contributed by atoms with Gasteiger partial charge in [-0.25, -0.2) is 17.9 Å². The average Bonchev–Trinajstić information content (AvgIpc) is 3.27. The van der Waals surface area contributed by atoms with Crippen LogP contribution in [0.3, 0.4) is 0 Å². The lowest BCUT2D eigenvalue weighted by Crippen LogP contribution is -2.12. The van der Waals surface area contributed by atoms with Crippen molar-refractivity contribution in [3.63, 3.8) is 0 Å². The number of esters is 1. The summed E-state index contributed by atoms with van der Waals surface area (Å²) in [7, 11) is -4.21. The zero-order chi connectivity index (χ0) is 24.3. The van der Waals surface area contributed by atoms with E-state index in [-0.39, 0.29) is 28.4 Å². The molecule has 0 aliphatic heterocycles. The quantitative estimate of drug-likeness (QED) is 0.219. The van der Waals surface area contributed by atoms with E-state index in [0.29, 0.717) is 11.3 Å². The third-order valence-corrected chi connectivity index (χ3v) is 6.68. The Hall–Kier alpha value is -4.31. The number of nitro groups is 1. The molecule has 4 aromatic rings. The number of non-ortho nitro benzene ring substituents is 1. The van der Waals surface area contributed by atoms with Crippen LogP contribution in [-0.4, -0.2) is 35.7 Å². The van der Waals surface area contributed by atoms with Gasteiger partial charge in [-0.2, -0.15) is 5.10 Å². The fraction of sp³-hybridized carbons (Fsp3) is 0.0833. The van der Waals surface area contributed by atoms with Gasteiger partial charge in [-0.05, 0) is 31.2 Å². The Labute approximate surface area is 195 Å². The van der Waals surface area contributed by atoms with Crippen LogP contribution in [0, 0.1) is 10.1 Å². The van der Waals surface area contributed by atoms with Crippen molar-refractivity contribution in [1.82, 2.24) is 9.78 Å². The van der Waals surface area contributed by atoms with E-state index in [1.807, 2.05) is 0 Å². The maximum Gasteiger partial charge on any atom is 0.343 e. The van der Waals surface area contributed by atoms with Crippen LogP contribution in [0.1, 0.15) is 17.3 Å². The summed E-state index contributed by atoms with van der Waals surface area (Å²) in [4.78, 5) is 23.6. The van der Waals surface area contributed by atoms with E-state index in [2.05, 4.69) is 5.10 Å². The van der Waals surface area contributed by atoms with Crippen LogP contribution in [0.15, 0.2) is 94.9 Å². The summed E-state index contributed by atoms with van der Waals surface area (Å²) in [6, 6.07) is 21.8. The SMILES string of the molecule is CCOC(=O)c1c(S(=O)(=O)c2ccccc2)nn(-c2ccc([N+](=O)[O-])cc2)c1-c1ccccc1. The van der Waals surface area contributed by atoms with Gasteiger partial charge in [-0.3, -0.25) is 10.1 Å². The second-order valence-electron chi connectivity index (χ2n) is 7.12. The van der Waals surface area contributed by atoms with Gasteiger partial charge in [0.15, 0.2) is 5.03 Å². The highest BCUT2D eigenvalue weighted by Gasteiger charge is 2.35. The first kappa shape index (κ1) is 22.9. The zero-order valence-corrected chi connectivity index (χ0v) is 18.8. The predicted molar refractivity (Wildman–Crippen MR) is 124 cm³/mol. The van der Waals surface area contributed by atoms with Gasteiger partial charge in [0.1, 0.15) is 5.56 Å². The minimum Gasteiger partial charge on any atom is -0.462 e. The van der Waals surface area contributed by atoms with Gasteiger partial charge < -0.3 is 4.74 Å². The molecule has 9 nitrogen and oxygen atoms in total. The fourth-order valence-corrected chi connectivity index (χ4v) is 4.83. The Kier molecular flexibility index (Phi) is 6.24. The van der Waals surface area contributed by atoms with Gasteiger partial charge in [0, 0.05) is 17.7 Å². The third kappa shape index (κ3) is 4.18. The molecule has 0 radical (unpaired) electrons. The molecule has 10 heteroatoms. The van der Waals surface area contributed by atoms with Crippen molar-refractivity contribution in [2.75, 3.05) is 6.61 Å². The van der Waals surface area contributed by atoms with E-state index in [0.717, 1.165) is 0 Å². The molecule has 0 atom stereocenters. The molecule has 0 amide bonds. The summed E-state index contributed by atoms with van der Waals surface area (Å²) < 4.78 is 33.6. The van der Waals surface area contributed by atoms with Crippen molar-refractivity contribution in [3.05, 3.63) is 101 Å². The van der Waals surface area contributed by atoms with Crippen molar-refractivity contribution in [2.24, 2.45) is 0 Å². The molecule has 34 heavy (non-hydrogen) atoms. The fourth-order valence-electron chi connectivity index (χ4n) is 3.45. The van der Waals surface area contributed by atoms with Crippen LogP contribution in [-0.2, 0) is 14.6 Å². The largest absolute Gasteiger partial charge is 0.462 e. The first-order chi connectivity index (χ1) is 16.3. The number of benzene rings is 3. The minimum absolute atomic E-state index is 0.0284. The van der Waals surface area contributed by atoms with Gasteiger partial charge >= 0.3 is 5.97 Å². The molecular weight excluding hydrogens is 458 g/mol. The van der Waals surface area contributed by atoms with E-state index in [4.69, 9.17) is 4.74 Å². The smallest absolute Gasteiger partial charge is 0.343 e. The Bertz CT molecular complexity index is 1450. The molecule has 0 saturated heterocycles. The van der Waals surface area contributed by atoms with E-state index in [1.165, 1.54) is 41.1 Å². The van der Waals surface area contributed by atoms with E-state index in [9.17, 15) is 23.3 Å². The van der Waals surface area contributed by atoms with Crippen molar-refractivity contribution in [1.29, 1.82) is 0 Å². The predicted octanol–water partition coefficient (Wildman–Crippen LogP) is 4.46. The lowest BCUT2D eigenvalue weighted by Gasteiger charge is -2.10. The summed E-state index contributed by atoms with van der Waals surface area (Å²) in [5, 5.41) is 15.0. The van der Waals surface area contributed by atoms with E-state index < -0.39 is 25.8 Å². The number of sulfone groups is 1. The topological polar surface area (TPSA) is 121 Å². The van der Waals surface area contributed by atoms with Crippen LogP contribution < -0.4 is 0 Å². The number of nitro benzene ring substituents is 1. The van der Waals surface area contributed by atoms with E-state index >= 15 is 0 Å². The lowest BCUT2D eigenvalue weighted by molar-refractivity contribution is -0.384. The number of nitrogens with zero attached hydrogens (tertiary/aromatic N) is 3. The molecule has 4 rings (SSSR count). The third-order valence-electron chi connectivity index (χ3n) is 4.99. The van der Waals surface area contributed by atoms with Crippen LogP contribution in [0.2, 0.25) is 0 Å². The molecule has 0 spiro atoms. The maximum atomic E-state index is 13.6. The molecule has 0 N–H and O–H groups in total. The first-order valence-corrected chi connectivity index (χ1v) is 11.7. The molecule has 0 saturated carbocycles. The monoisotopic (exact) mass is 477 g/mol. The standard InChI is InChI=1S/C24H19N3O6S/c1-2-33-24(28)21-22(17-9-5-3-6-10-17)26(18-13-15-19(16-14-18)27(29)30)25-23(21)34(31,32)20-11-7-4-8-12-20/h3-16H,2H2,1H3. The molecule has 0 aliphatic rings. The Morgan fingerprint density at radius 3 is 2.12 bits per heavy atom. The van der Waals surface area contributed by atoms with Crippen molar-refractivity contribution >= 4 is 21.5 Å². The van der Waals surface area contributed by atoms with Crippen LogP contribution in [0.4, 0.5) is 5.69 Å². The van der Waals surface area contributed by atoms with Gasteiger partial charge in [-0.15, -0.1) is 0 Å². The Morgan fingerprint density at radius 2 is 1.56 bits per heavy atom. The summed E-state index contributed by atoms with van der Waals surface area (Å²) in [5.74, 6) is -0.843. The summed E-state index contributed by atoms with van der Waals surface area (Å²) in [6.45, 7) is 1.65. The van der Waals surface area contributed by atoms with Crippen LogP contribution in [0.25, 0.3) is 16.9 Å². The van der Waals surface area contributed by atoms with Crippen LogP contribution >= 0.6 is 0 Å². The minimum atomic E-state index is -4.21.